The molecule has 16 nitrogen and oxygen atoms in total. The van der Waals surface area contributed by atoms with E-state index in [2.05, 4.69) is 175 Å². The largest absolute Gasteiger partial charge is 0.462 e. The standard InChI is InChI=1S/C108H125N8O8/c117-105(121-81-41-21-13-5-1-9-17-29-69-113-73-33-25-34-74-113)89-53-45-85(46-54-89)101-93-61-63-95(109-93)102(86-47-55-90(56-48-86)106(118)122-82-42-22-14-6-2-10-18-30-70-114-75-35-26-36-76-114)97-65-67-99(111-97)104(88-51-59-92(60-52-88)108(120)124-84-44-24-16-8-4-12-20-32-72-116-79-39-28-40-80-116)100-68-66-98(112-100)103(96-64-62-94(101)110-96)87-49-57-91(58-50-87)107(119)123-83-43-23-15-7-3-11-19-31-71-115-77-37-27-38-78-115/h25-28,33-40,45-68,73-80H,1-24,29-32,41-44,69-72,81-84H2,(H-,109,110,111,112,117,118,119,120)/q+3/p+1. The summed E-state index contributed by atoms with van der Waals surface area (Å²) in [6.45, 7) is 5.61. The molecular weight excluding hydrogens is 1540 g/mol. The number of pyridine rings is 4. The molecule has 0 fully saturated rings. The van der Waals surface area contributed by atoms with Crippen molar-refractivity contribution in [3.8, 4) is 44.5 Å². The Morgan fingerprint density at radius 3 is 0.653 bits per heavy atom. The van der Waals surface area contributed by atoms with Gasteiger partial charge in [-0.1, -0.05) is 201 Å². The van der Waals surface area contributed by atoms with Crippen LogP contribution in [-0.2, 0) is 45.1 Å². The minimum Gasteiger partial charge on any atom is -0.462 e. The molecule has 2 aliphatic rings. The molecule has 0 saturated carbocycles. The normalized spacial score (nSPS) is 11.6. The number of hydrogen-bond acceptors (Lipinski definition) is 10. The van der Waals surface area contributed by atoms with Crippen LogP contribution in [0.4, 0.5) is 0 Å². The van der Waals surface area contributed by atoms with Gasteiger partial charge in [0.05, 0.1) is 71.5 Å². The SMILES string of the molecule is O=C(OCCCCCCCCCC[n+]1ccccc1)c1ccc(-c2c3nc(c(-c4ccc(C(=O)OCCCCCCCCCC[n+]5ccccc5)cc4)c4ccc([nH]4)c(-c4ccc(C(=O)OCCCCCCCCCC[n+]5ccccc5)cc4)c4ccc([nH]4)c(-c4ccc(C(=O)OCCCCCCCCCC[n+]5ccccc5)cc4)c4nc2C=C4)C=C3)cc1. The maximum atomic E-state index is 13.8. The predicted octanol–water partition coefficient (Wildman–Crippen LogP) is 24.4. The smallest absolute Gasteiger partial charge is 0.338 e. The van der Waals surface area contributed by atoms with E-state index in [1.165, 1.54) is 128 Å². The summed E-state index contributed by atoms with van der Waals surface area (Å²) in [5, 5.41) is 0. The Morgan fingerprint density at radius 1 is 0.218 bits per heavy atom. The highest BCUT2D eigenvalue weighted by atomic mass is 16.5. The van der Waals surface area contributed by atoms with Crippen LogP contribution in [0, 0.1) is 0 Å². The molecule has 0 aliphatic carbocycles. The number of ether oxygens (including phenoxy) is 4. The summed E-state index contributed by atoms with van der Waals surface area (Å²) in [7, 11) is 0. The Balaban J connectivity index is 0.757. The Bertz CT molecular complexity index is 5150. The topological polar surface area (TPSA) is 178 Å². The van der Waals surface area contributed by atoms with E-state index in [1.807, 2.05) is 121 Å². The summed E-state index contributed by atoms with van der Waals surface area (Å²) < 4.78 is 32.6. The van der Waals surface area contributed by atoms with Crippen LogP contribution < -0.4 is 18.3 Å². The van der Waals surface area contributed by atoms with Crippen molar-refractivity contribution in [2.75, 3.05) is 26.4 Å². The van der Waals surface area contributed by atoms with Crippen molar-refractivity contribution in [1.82, 2.24) is 19.9 Å². The molecule has 0 amide bonds. The number of aromatic nitrogens is 8. The minimum absolute atomic E-state index is 0.351. The number of benzene rings is 4. The summed E-state index contributed by atoms with van der Waals surface area (Å²) in [4.78, 5) is 74.1. The summed E-state index contributed by atoms with van der Waals surface area (Å²) in [6.07, 6.45) is 60.8. The van der Waals surface area contributed by atoms with Crippen molar-refractivity contribution in [3.63, 3.8) is 0 Å². The van der Waals surface area contributed by atoms with Gasteiger partial charge in [-0.3, -0.25) is 0 Å². The number of carbonyl (C=O) groups excluding carboxylic acids is 4. The fourth-order valence-corrected chi connectivity index (χ4v) is 16.7. The molecule has 2 aliphatic heterocycles. The second-order valence-electron chi connectivity index (χ2n) is 33.1. The van der Waals surface area contributed by atoms with Gasteiger partial charge in [0.15, 0.2) is 49.6 Å². The van der Waals surface area contributed by atoms with Crippen LogP contribution in [0.15, 0.2) is 244 Å². The minimum atomic E-state index is -0.371. The van der Waals surface area contributed by atoms with Gasteiger partial charge in [0.25, 0.3) is 0 Å². The summed E-state index contributed by atoms with van der Waals surface area (Å²) in [5.74, 6) is -1.47. The third kappa shape index (κ3) is 28.0. The van der Waals surface area contributed by atoms with E-state index in [9.17, 15) is 19.2 Å². The van der Waals surface area contributed by atoms with Crippen molar-refractivity contribution in [2.24, 2.45) is 0 Å². The van der Waals surface area contributed by atoms with Gasteiger partial charge in [0.2, 0.25) is 0 Å². The monoisotopic (exact) mass is 1660 g/mol. The van der Waals surface area contributed by atoms with Gasteiger partial charge in [-0.05, 0) is 171 Å². The van der Waals surface area contributed by atoms with E-state index >= 15 is 0 Å². The Labute approximate surface area is 733 Å². The van der Waals surface area contributed by atoms with Gasteiger partial charge in [-0.2, -0.15) is 0 Å². The van der Waals surface area contributed by atoms with Gasteiger partial charge < -0.3 is 28.9 Å². The molecule has 0 spiro atoms. The van der Waals surface area contributed by atoms with E-state index in [4.69, 9.17) is 28.9 Å². The number of aromatic amines is 2. The van der Waals surface area contributed by atoms with Crippen molar-refractivity contribution in [2.45, 2.75) is 232 Å². The number of hydrogen-bond donors (Lipinski definition) is 2. The Hall–Kier alpha value is -12.0. The van der Waals surface area contributed by atoms with Crippen LogP contribution in [0.2, 0.25) is 0 Å². The number of unbranched alkanes of at least 4 members (excludes halogenated alkanes) is 28. The highest BCUT2D eigenvalue weighted by Gasteiger charge is 2.23. The molecule has 9 heterocycles. The molecule has 16 heteroatoms. The first kappa shape index (κ1) is 89.7. The van der Waals surface area contributed by atoms with Crippen molar-refractivity contribution >= 4 is 70.2 Å². The van der Waals surface area contributed by atoms with Gasteiger partial charge >= 0.3 is 23.9 Å². The molecule has 0 unspecified atom stereocenters. The molecule has 124 heavy (non-hydrogen) atoms. The zero-order chi connectivity index (χ0) is 85.2. The molecule has 4 aromatic carbocycles. The van der Waals surface area contributed by atoms with Gasteiger partial charge in [-0.15, -0.1) is 0 Å². The number of esters is 4. The van der Waals surface area contributed by atoms with Crippen LogP contribution in [0.1, 0.15) is 270 Å². The molecule has 642 valence electrons. The molecule has 13 rings (SSSR count). The van der Waals surface area contributed by atoms with Crippen LogP contribution in [0.3, 0.4) is 0 Å². The molecule has 0 atom stereocenters. The summed E-state index contributed by atoms with van der Waals surface area (Å²) in [5.41, 5.74) is 13.9. The number of fused-ring (bicyclic) bond motifs is 8. The van der Waals surface area contributed by atoms with E-state index in [0.29, 0.717) is 71.5 Å². The van der Waals surface area contributed by atoms with E-state index in [1.54, 1.807) is 0 Å². The summed E-state index contributed by atoms with van der Waals surface area (Å²) in [6, 6.07) is 63.4. The summed E-state index contributed by atoms with van der Waals surface area (Å²) >= 11 is 0. The third-order valence-corrected chi connectivity index (χ3v) is 23.7. The molecule has 8 bridgehead atoms. The average molecular weight is 1660 g/mol. The van der Waals surface area contributed by atoms with Crippen molar-refractivity contribution in [3.05, 3.63) is 289 Å². The fraction of sp³-hybridized carbons (Fsp3) is 0.370. The number of carbonyl (C=O) groups is 4. The zero-order valence-electron chi connectivity index (χ0n) is 72.6. The number of nitrogens with zero attached hydrogens (tertiary/aromatic N) is 6. The van der Waals surface area contributed by atoms with Crippen molar-refractivity contribution in [1.29, 1.82) is 0 Å². The molecule has 7 aromatic heterocycles. The lowest BCUT2D eigenvalue weighted by Crippen LogP contribution is -2.32. The zero-order valence-corrected chi connectivity index (χ0v) is 72.6. The highest BCUT2D eigenvalue weighted by Crippen LogP contribution is 2.40. The lowest BCUT2D eigenvalue weighted by atomic mass is 10.0. The van der Waals surface area contributed by atoms with Gasteiger partial charge in [0, 0.05) is 119 Å². The van der Waals surface area contributed by atoms with Gasteiger partial charge in [-0.25, -0.2) is 47.4 Å². The molecular formula is C108H126N8O8+4. The molecule has 11 aromatic rings. The van der Waals surface area contributed by atoms with Crippen LogP contribution in [0.5, 0.6) is 0 Å². The maximum Gasteiger partial charge on any atom is 0.338 e. The first-order valence-electron chi connectivity index (χ1n) is 46.3. The first-order chi connectivity index (χ1) is 61.2. The second-order valence-corrected chi connectivity index (χ2v) is 33.1. The number of rotatable bonds is 52. The number of aryl methyl sites for hydroxylation is 4. The van der Waals surface area contributed by atoms with E-state index < -0.39 is 0 Å². The third-order valence-electron chi connectivity index (χ3n) is 23.7. The van der Waals surface area contributed by atoms with E-state index in [-0.39, 0.29) is 23.9 Å². The van der Waals surface area contributed by atoms with Crippen LogP contribution in [-0.4, -0.2) is 70.2 Å². The first-order valence-corrected chi connectivity index (χ1v) is 46.3. The van der Waals surface area contributed by atoms with Crippen LogP contribution in [0.25, 0.3) is 90.9 Å². The Kier molecular flexibility index (Phi) is 36.1. The van der Waals surface area contributed by atoms with Gasteiger partial charge in [0.1, 0.15) is 26.2 Å². The highest BCUT2D eigenvalue weighted by molar-refractivity contribution is 6.02. The second kappa shape index (κ2) is 49.9. The number of nitrogens with one attached hydrogen (secondary N) is 2. The molecule has 0 saturated heterocycles. The lowest BCUT2D eigenvalue weighted by molar-refractivity contribution is -0.697. The lowest BCUT2D eigenvalue weighted by Gasteiger charge is -2.09. The maximum absolute atomic E-state index is 13.8. The molecule has 0 radical (unpaired) electrons. The van der Waals surface area contributed by atoms with Crippen molar-refractivity contribution < 1.29 is 56.4 Å². The quantitative estimate of drug-likeness (QED) is 0.0161. The van der Waals surface area contributed by atoms with E-state index in [0.717, 1.165) is 170 Å². The fourth-order valence-electron chi connectivity index (χ4n) is 16.7. The van der Waals surface area contributed by atoms with Crippen LogP contribution >= 0.6 is 0 Å². The average Bonchev–Trinajstić information content (AvgIpc) is 1.61. The molecule has 2 N–H and O–H groups in total. The number of H-pyrrole nitrogens is 2. The Morgan fingerprint density at radius 2 is 0.411 bits per heavy atom. The predicted molar refractivity (Wildman–Crippen MR) is 496 cm³/mol.